The molecule has 2 heterocycles. The maximum absolute atomic E-state index is 13.2. The van der Waals surface area contributed by atoms with E-state index in [1.807, 2.05) is 30.0 Å². The average Bonchev–Trinajstić information content (AvgIpc) is 3.22. The number of allylic oxidation sites excluding steroid dienone is 1. The summed E-state index contributed by atoms with van der Waals surface area (Å²) >= 11 is 0. The van der Waals surface area contributed by atoms with E-state index in [-0.39, 0.29) is 5.91 Å². The van der Waals surface area contributed by atoms with Gasteiger partial charge in [-0.3, -0.25) is 4.79 Å². The standard InChI is InChI=1S/C25H28N2O3/c1-4-7-18-14-19(15-23(29-2)24(18)30-3)25(28)27-12-10-17(11-13-27)21-16-26-22-9-6-5-8-20(21)22/h4-9,14-17,26H,10-13H2,1-3H3/b7-4+. The number of ether oxygens (including phenoxy) is 2. The highest BCUT2D eigenvalue weighted by Gasteiger charge is 2.27. The smallest absolute Gasteiger partial charge is 0.254 e. The van der Waals surface area contributed by atoms with Gasteiger partial charge in [-0.05, 0) is 49.4 Å². The summed E-state index contributed by atoms with van der Waals surface area (Å²) in [7, 11) is 3.21. The number of piperidine rings is 1. The topological polar surface area (TPSA) is 54.6 Å². The van der Waals surface area contributed by atoms with E-state index >= 15 is 0 Å². The van der Waals surface area contributed by atoms with Crippen molar-refractivity contribution in [3.05, 3.63) is 65.4 Å². The predicted molar refractivity (Wildman–Crippen MR) is 120 cm³/mol. The van der Waals surface area contributed by atoms with Crippen molar-refractivity contribution in [3.63, 3.8) is 0 Å². The monoisotopic (exact) mass is 404 g/mol. The van der Waals surface area contributed by atoms with Crippen molar-refractivity contribution in [1.29, 1.82) is 0 Å². The number of carbonyl (C=O) groups excluding carboxylic acids is 1. The first kappa shape index (κ1) is 20.1. The van der Waals surface area contributed by atoms with Crippen LogP contribution in [-0.4, -0.2) is 43.1 Å². The van der Waals surface area contributed by atoms with Crippen LogP contribution in [0.1, 0.15) is 47.2 Å². The lowest BCUT2D eigenvalue weighted by atomic mass is 9.89. The third-order valence-electron chi connectivity index (χ3n) is 5.94. The number of H-pyrrole nitrogens is 1. The molecule has 1 aliphatic heterocycles. The number of aromatic amines is 1. The Labute approximate surface area is 177 Å². The van der Waals surface area contributed by atoms with Gasteiger partial charge in [-0.2, -0.15) is 0 Å². The molecule has 1 amide bonds. The van der Waals surface area contributed by atoms with Crippen LogP contribution in [-0.2, 0) is 0 Å². The zero-order chi connectivity index (χ0) is 21.1. The normalized spacial score (nSPS) is 15.1. The molecule has 30 heavy (non-hydrogen) atoms. The fraction of sp³-hybridized carbons (Fsp3) is 0.320. The van der Waals surface area contributed by atoms with Crippen LogP contribution in [0.5, 0.6) is 11.5 Å². The SMILES string of the molecule is C/C=C/c1cc(C(=O)N2CCC(c3c[nH]c4ccccc34)CC2)cc(OC)c1OC. The van der Waals surface area contributed by atoms with E-state index in [1.165, 1.54) is 16.5 Å². The van der Waals surface area contributed by atoms with E-state index in [4.69, 9.17) is 9.47 Å². The van der Waals surface area contributed by atoms with E-state index in [9.17, 15) is 4.79 Å². The van der Waals surface area contributed by atoms with Gasteiger partial charge in [0.25, 0.3) is 5.91 Å². The van der Waals surface area contributed by atoms with Gasteiger partial charge in [0, 0.05) is 41.3 Å². The van der Waals surface area contributed by atoms with Crippen LogP contribution < -0.4 is 9.47 Å². The Morgan fingerprint density at radius 2 is 1.90 bits per heavy atom. The van der Waals surface area contributed by atoms with E-state index in [0.29, 0.717) is 23.0 Å². The van der Waals surface area contributed by atoms with Crippen molar-refractivity contribution in [2.75, 3.05) is 27.3 Å². The van der Waals surface area contributed by atoms with Crippen molar-refractivity contribution in [1.82, 2.24) is 9.88 Å². The van der Waals surface area contributed by atoms with Crippen LogP contribution in [0, 0.1) is 0 Å². The van der Waals surface area contributed by atoms with E-state index in [2.05, 4.69) is 35.4 Å². The second-order valence-corrected chi connectivity index (χ2v) is 7.66. The average molecular weight is 405 g/mol. The van der Waals surface area contributed by atoms with Gasteiger partial charge in [-0.25, -0.2) is 0 Å². The third kappa shape index (κ3) is 3.67. The molecule has 5 heteroatoms. The van der Waals surface area contributed by atoms with Crippen molar-refractivity contribution in [3.8, 4) is 11.5 Å². The first-order valence-electron chi connectivity index (χ1n) is 10.4. The van der Waals surface area contributed by atoms with E-state index in [0.717, 1.165) is 31.5 Å². The number of carbonyl (C=O) groups is 1. The largest absolute Gasteiger partial charge is 0.493 e. The number of amides is 1. The molecule has 5 nitrogen and oxygen atoms in total. The quantitative estimate of drug-likeness (QED) is 0.633. The van der Waals surface area contributed by atoms with Crippen molar-refractivity contribution >= 4 is 22.9 Å². The van der Waals surface area contributed by atoms with Crippen LogP contribution in [0.15, 0.2) is 48.7 Å². The summed E-state index contributed by atoms with van der Waals surface area (Å²) in [6, 6.07) is 12.1. The molecule has 1 N–H and O–H groups in total. The second-order valence-electron chi connectivity index (χ2n) is 7.66. The number of nitrogens with one attached hydrogen (secondary N) is 1. The molecule has 156 valence electrons. The Balaban J connectivity index is 1.52. The number of likely N-dealkylation sites (tertiary alicyclic amines) is 1. The molecular weight excluding hydrogens is 376 g/mol. The molecule has 2 aromatic carbocycles. The zero-order valence-corrected chi connectivity index (χ0v) is 17.8. The van der Waals surface area contributed by atoms with Crippen LogP contribution in [0.2, 0.25) is 0 Å². The first-order chi connectivity index (χ1) is 14.7. The maximum Gasteiger partial charge on any atom is 0.254 e. The molecule has 0 unspecified atom stereocenters. The number of benzene rings is 2. The number of hydrogen-bond acceptors (Lipinski definition) is 3. The summed E-state index contributed by atoms with van der Waals surface area (Å²) in [5.41, 5.74) is 4.01. The van der Waals surface area contributed by atoms with Gasteiger partial charge in [0.1, 0.15) is 0 Å². The molecule has 1 aliphatic rings. The van der Waals surface area contributed by atoms with Gasteiger partial charge in [0.2, 0.25) is 0 Å². The molecule has 0 aliphatic carbocycles. The number of aromatic nitrogens is 1. The minimum Gasteiger partial charge on any atom is -0.493 e. The van der Waals surface area contributed by atoms with Crippen molar-refractivity contribution < 1.29 is 14.3 Å². The highest BCUT2D eigenvalue weighted by Crippen LogP contribution is 2.36. The Bertz CT molecular complexity index is 1080. The minimum atomic E-state index is 0.0408. The number of nitrogens with zero attached hydrogens (tertiary/aromatic N) is 1. The van der Waals surface area contributed by atoms with Gasteiger partial charge in [0.05, 0.1) is 14.2 Å². The maximum atomic E-state index is 13.2. The predicted octanol–water partition coefficient (Wildman–Crippen LogP) is 5.24. The van der Waals surface area contributed by atoms with Gasteiger partial charge >= 0.3 is 0 Å². The highest BCUT2D eigenvalue weighted by molar-refractivity contribution is 5.96. The number of fused-ring (bicyclic) bond motifs is 1. The molecule has 3 aromatic rings. The van der Waals surface area contributed by atoms with Crippen LogP contribution in [0.4, 0.5) is 0 Å². The fourth-order valence-corrected chi connectivity index (χ4v) is 4.43. The van der Waals surface area contributed by atoms with E-state index < -0.39 is 0 Å². The van der Waals surface area contributed by atoms with Crippen molar-refractivity contribution in [2.45, 2.75) is 25.7 Å². The minimum absolute atomic E-state index is 0.0408. The Morgan fingerprint density at radius 1 is 1.13 bits per heavy atom. The number of para-hydroxylation sites is 1. The lowest BCUT2D eigenvalue weighted by Gasteiger charge is -2.32. The summed E-state index contributed by atoms with van der Waals surface area (Å²) in [6.07, 6.45) is 7.91. The molecule has 0 bridgehead atoms. The summed E-state index contributed by atoms with van der Waals surface area (Å²) in [6.45, 7) is 3.43. The molecule has 1 saturated heterocycles. The molecule has 0 atom stereocenters. The first-order valence-corrected chi connectivity index (χ1v) is 10.4. The summed E-state index contributed by atoms with van der Waals surface area (Å²) < 4.78 is 11.0. The van der Waals surface area contributed by atoms with Gasteiger partial charge in [0.15, 0.2) is 11.5 Å². The summed E-state index contributed by atoms with van der Waals surface area (Å²) in [5.74, 6) is 1.73. The fourth-order valence-electron chi connectivity index (χ4n) is 4.43. The number of hydrogen-bond donors (Lipinski definition) is 1. The van der Waals surface area contributed by atoms with Crippen LogP contribution >= 0.6 is 0 Å². The Hall–Kier alpha value is -3.21. The van der Waals surface area contributed by atoms with Crippen LogP contribution in [0.3, 0.4) is 0 Å². The van der Waals surface area contributed by atoms with Gasteiger partial charge in [-0.15, -0.1) is 0 Å². The lowest BCUT2D eigenvalue weighted by Crippen LogP contribution is -2.38. The Morgan fingerprint density at radius 3 is 2.60 bits per heavy atom. The molecule has 0 spiro atoms. The van der Waals surface area contributed by atoms with Gasteiger partial charge < -0.3 is 19.4 Å². The molecule has 4 rings (SSSR count). The third-order valence-corrected chi connectivity index (χ3v) is 5.94. The molecule has 1 fully saturated rings. The van der Waals surface area contributed by atoms with E-state index in [1.54, 1.807) is 20.3 Å². The molecular formula is C25H28N2O3. The molecule has 0 saturated carbocycles. The van der Waals surface area contributed by atoms with Crippen molar-refractivity contribution in [2.24, 2.45) is 0 Å². The zero-order valence-electron chi connectivity index (χ0n) is 17.8. The number of rotatable bonds is 5. The molecule has 0 radical (unpaired) electrons. The molecule has 1 aromatic heterocycles. The summed E-state index contributed by atoms with van der Waals surface area (Å²) in [4.78, 5) is 18.6. The Kier molecular flexibility index (Phi) is 5.79. The second kappa shape index (κ2) is 8.66. The number of methoxy groups -OCH3 is 2. The highest BCUT2D eigenvalue weighted by atomic mass is 16.5. The summed E-state index contributed by atoms with van der Waals surface area (Å²) in [5, 5.41) is 1.29. The van der Waals surface area contributed by atoms with Crippen LogP contribution in [0.25, 0.3) is 17.0 Å². The lowest BCUT2D eigenvalue weighted by molar-refractivity contribution is 0.0713. The van der Waals surface area contributed by atoms with Gasteiger partial charge in [-0.1, -0.05) is 30.4 Å².